The molecule has 2 N–H and O–H groups in total. The molecule has 5 nitrogen and oxygen atoms in total. The first-order valence-electron chi connectivity index (χ1n) is 7.15. The van der Waals surface area contributed by atoms with Crippen LogP contribution in [0.1, 0.15) is 11.3 Å². The maximum absolute atomic E-state index is 14.0. The molecule has 0 fully saturated rings. The van der Waals surface area contributed by atoms with E-state index in [9.17, 15) is 27.5 Å². The zero-order valence-electron chi connectivity index (χ0n) is 13.1. The molecule has 1 heterocycles. The summed E-state index contributed by atoms with van der Waals surface area (Å²) in [5.74, 6) is -9.85. The van der Waals surface area contributed by atoms with Crippen molar-refractivity contribution in [2.75, 3.05) is 7.11 Å². The first kappa shape index (κ1) is 17.5. The molecule has 0 radical (unpaired) electrons. The zero-order chi connectivity index (χ0) is 19.0. The van der Waals surface area contributed by atoms with Crippen LogP contribution in [0.5, 0.6) is 5.75 Å². The van der Waals surface area contributed by atoms with Crippen molar-refractivity contribution in [1.29, 1.82) is 0 Å². The number of nitrogens with zero attached hydrogens (tertiary/aromatic N) is 1. The van der Waals surface area contributed by atoms with E-state index in [2.05, 4.69) is 14.7 Å². The molecular weight excluding hydrogens is 356 g/mol. The first-order valence-corrected chi connectivity index (χ1v) is 7.15. The summed E-state index contributed by atoms with van der Waals surface area (Å²) in [6, 6.07) is 6.41. The molecule has 0 aliphatic heterocycles. The number of para-hydroxylation sites is 2. The van der Waals surface area contributed by atoms with Crippen molar-refractivity contribution in [2.45, 2.75) is 0 Å². The number of aliphatic hydroxyl groups is 1. The monoisotopic (exact) mass is 366 g/mol. The van der Waals surface area contributed by atoms with Crippen LogP contribution in [0, 0.1) is 23.3 Å². The second kappa shape index (κ2) is 6.51. The fourth-order valence-electron chi connectivity index (χ4n) is 2.36. The average molecular weight is 366 g/mol. The Morgan fingerprint density at radius 3 is 2.35 bits per heavy atom. The number of hydrogen-bond acceptors (Lipinski definition) is 4. The number of benzene rings is 2. The van der Waals surface area contributed by atoms with Crippen molar-refractivity contribution < 1.29 is 27.4 Å². The van der Waals surface area contributed by atoms with Crippen molar-refractivity contribution in [3.8, 4) is 5.75 Å². The minimum atomic E-state index is -1.87. The van der Waals surface area contributed by atoms with Crippen molar-refractivity contribution in [3.05, 3.63) is 69.1 Å². The van der Waals surface area contributed by atoms with Gasteiger partial charge in [0, 0.05) is 6.08 Å². The first-order chi connectivity index (χ1) is 12.3. The number of methoxy groups -OCH3 is 1. The zero-order valence-corrected chi connectivity index (χ0v) is 13.1. The smallest absolute Gasteiger partial charge is 0.274 e. The molecule has 134 valence electrons. The lowest BCUT2D eigenvalue weighted by atomic mass is 10.1. The van der Waals surface area contributed by atoms with Crippen LogP contribution in [-0.4, -0.2) is 22.2 Å². The van der Waals surface area contributed by atoms with Gasteiger partial charge in [0.1, 0.15) is 11.5 Å². The number of nitrogens with one attached hydrogen (secondary N) is 1. The number of fused-ring (bicyclic) bond motifs is 1. The van der Waals surface area contributed by atoms with Gasteiger partial charge in [-0.05, 0) is 12.1 Å². The number of aliphatic hydroxyl groups excluding tert-OH is 1. The molecule has 3 aromatic rings. The molecular formula is C17H10F4N2O3. The van der Waals surface area contributed by atoms with Gasteiger partial charge in [-0.15, -0.1) is 0 Å². The summed E-state index contributed by atoms with van der Waals surface area (Å²) in [5.41, 5.74) is -1.83. The fourth-order valence-corrected chi connectivity index (χ4v) is 2.36. The molecule has 0 spiro atoms. The molecule has 0 bridgehead atoms. The van der Waals surface area contributed by atoms with Crippen LogP contribution in [-0.2, 0) is 0 Å². The molecule has 0 amide bonds. The van der Waals surface area contributed by atoms with Gasteiger partial charge in [0.25, 0.3) is 5.56 Å². The van der Waals surface area contributed by atoms with E-state index in [1.165, 1.54) is 0 Å². The van der Waals surface area contributed by atoms with Crippen molar-refractivity contribution in [2.24, 2.45) is 0 Å². The van der Waals surface area contributed by atoms with Gasteiger partial charge < -0.3 is 14.8 Å². The SMILES string of the molecule is COc1c(F)c(F)c(C(O)=Cc2nc3ccccc3[nH]c2=O)c(F)c1F. The topological polar surface area (TPSA) is 75.2 Å². The van der Waals surface area contributed by atoms with E-state index < -0.39 is 51.6 Å². The Hall–Kier alpha value is -3.36. The Balaban J connectivity index is 2.20. The van der Waals surface area contributed by atoms with E-state index in [1.807, 2.05) is 0 Å². The predicted octanol–water partition coefficient (Wildman–Crippen LogP) is 3.54. The van der Waals surface area contributed by atoms with Crippen LogP contribution in [0.3, 0.4) is 0 Å². The van der Waals surface area contributed by atoms with Crippen LogP contribution >= 0.6 is 0 Å². The van der Waals surface area contributed by atoms with E-state index >= 15 is 0 Å². The summed E-state index contributed by atoms with van der Waals surface area (Å²) in [6.07, 6.45) is 0.609. The highest BCUT2D eigenvalue weighted by atomic mass is 19.2. The quantitative estimate of drug-likeness (QED) is 0.422. The third-order valence-corrected chi connectivity index (χ3v) is 3.58. The van der Waals surface area contributed by atoms with Gasteiger partial charge in [-0.2, -0.15) is 8.78 Å². The van der Waals surface area contributed by atoms with Gasteiger partial charge in [-0.3, -0.25) is 4.79 Å². The molecule has 0 saturated carbocycles. The number of aromatic nitrogens is 2. The molecule has 1 aromatic heterocycles. The predicted molar refractivity (Wildman–Crippen MR) is 85.7 cm³/mol. The average Bonchev–Trinajstić information content (AvgIpc) is 2.61. The molecule has 0 unspecified atom stereocenters. The van der Waals surface area contributed by atoms with E-state index in [0.717, 1.165) is 7.11 Å². The Labute approximate surface area is 143 Å². The van der Waals surface area contributed by atoms with E-state index in [4.69, 9.17) is 0 Å². The Bertz CT molecular complexity index is 1080. The highest BCUT2D eigenvalue weighted by Gasteiger charge is 2.28. The third kappa shape index (κ3) is 2.77. The van der Waals surface area contributed by atoms with Crippen molar-refractivity contribution in [1.82, 2.24) is 9.97 Å². The van der Waals surface area contributed by atoms with Gasteiger partial charge in [0.15, 0.2) is 17.4 Å². The summed E-state index contributed by atoms with van der Waals surface area (Å²) < 4.78 is 59.8. The van der Waals surface area contributed by atoms with Crippen molar-refractivity contribution >= 4 is 22.9 Å². The Morgan fingerprint density at radius 2 is 1.73 bits per heavy atom. The largest absolute Gasteiger partial charge is 0.507 e. The molecule has 0 saturated heterocycles. The van der Waals surface area contributed by atoms with Crippen LogP contribution in [0.25, 0.3) is 22.9 Å². The Morgan fingerprint density at radius 1 is 1.12 bits per heavy atom. The Kier molecular flexibility index (Phi) is 4.37. The standard InChI is InChI=1S/C17H10F4N2O3/c1-26-16-14(20)12(18)11(13(19)15(16)21)10(24)6-9-17(25)23-8-5-3-2-4-7(8)22-9/h2-6,24H,1H3,(H,23,25). The minimum Gasteiger partial charge on any atom is -0.507 e. The van der Waals surface area contributed by atoms with Crippen LogP contribution in [0.2, 0.25) is 0 Å². The van der Waals surface area contributed by atoms with E-state index in [-0.39, 0.29) is 0 Å². The van der Waals surface area contributed by atoms with Crippen LogP contribution in [0.4, 0.5) is 17.6 Å². The second-order valence-electron chi connectivity index (χ2n) is 5.16. The van der Waals surface area contributed by atoms with Gasteiger partial charge in [-0.25, -0.2) is 13.8 Å². The highest BCUT2D eigenvalue weighted by Crippen LogP contribution is 2.33. The summed E-state index contributed by atoms with van der Waals surface area (Å²) in [6.45, 7) is 0. The minimum absolute atomic E-state index is 0.333. The van der Waals surface area contributed by atoms with Gasteiger partial charge >= 0.3 is 0 Å². The fraction of sp³-hybridized carbons (Fsp3) is 0.0588. The number of H-pyrrole nitrogens is 1. The second-order valence-corrected chi connectivity index (χ2v) is 5.16. The summed E-state index contributed by atoms with van der Waals surface area (Å²) >= 11 is 0. The summed E-state index contributed by atoms with van der Waals surface area (Å²) in [7, 11) is 0.828. The number of rotatable bonds is 3. The lowest BCUT2D eigenvalue weighted by Gasteiger charge is -2.10. The number of halogens is 4. The molecule has 26 heavy (non-hydrogen) atoms. The van der Waals surface area contributed by atoms with Crippen LogP contribution < -0.4 is 10.3 Å². The number of hydrogen-bond donors (Lipinski definition) is 2. The van der Waals surface area contributed by atoms with E-state index in [0.29, 0.717) is 17.1 Å². The highest BCUT2D eigenvalue weighted by molar-refractivity contribution is 5.79. The number of aromatic amines is 1. The normalized spacial score (nSPS) is 11.8. The molecule has 2 aromatic carbocycles. The molecule has 3 rings (SSSR count). The maximum atomic E-state index is 14.0. The van der Waals surface area contributed by atoms with E-state index in [1.54, 1.807) is 24.3 Å². The summed E-state index contributed by atoms with van der Waals surface area (Å²) in [4.78, 5) is 18.4. The molecule has 0 aliphatic carbocycles. The van der Waals surface area contributed by atoms with Crippen molar-refractivity contribution in [3.63, 3.8) is 0 Å². The molecule has 0 atom stereocenters. The van der Waals surface area contributed by atoms with Gasteiger partial charge in [0.2, 0.25) is 11.6 Å². The summed E-state index contributed by atoms with van der Waals surface area (Å²) in [5, 5.41) is 9.96. The van der Waals surface area contributed by atoms with Gasteiger partial charge in [0.05, 0.1) is 23.7 Å². The molecule has 0 aliphatic rings. The third-order valence-electron chi connectivity index (χ3n) is 3.58. The van der Waals surface area contributed by atoms with Crippen LogP contribution in [0.15, 0.2) is 29.1 Å². The maximum Gasteiger partial charge on any atom is 0.274 e. The lowest BCUT2D eigenvalue weighted by molar-refractivity contribution is 0.329. The van der Waals surface area contributed by atoms with Gasteiger partial charge in [-0.1, -0.05) is 12.1 Å². The number of ether oxygens (including phenoxy) is 1. The molecule has 9 heteroatoms. The lowest BCUT2D eigenvalue weighted by Crippen LogP contribution is -2.12.